The van der Waals surface area contributed by atoms with Gasteiger partial charge in [0.25, 0.3) is 0 Å². The molecule has 0 heterocycles. The Morgan fingerprint density at radius 3 is 2.32 bits per heavy atom. The van der Waals surface area contributed by atoms with Gasteiger partial charge in [-0.1, -0.05) is 26.8 Å². The summed E-state index contributed by atoms with van der Waals surface area (Å²) in [6.45, 7) is 5.96. The van der Waals surface area contributed by atoms with Crippen LogP contribution < -0.4 is 4.74 Å². The van der Waals surface area contributed by atoms with Crippen LogP contribution in [0.1, 0.15) is 26.3 Å². The minimum absolute atomic E-state index is 0.0670. The molecule has 108 valence electrons. The molecule has 0 aromatic heterocycles. The molecule has 0 spiro atoms. The lowest BCUT2D eigenvalue weighted by Crippen LogP contribution is -2.29. The second-order valence-electron chi connectivity index (χ2n) is 5.58. The zero-order chi connectivity index (χ0) is 14.7. The van der Waals surface area contributed by atoms with Crippen LogP contribution in [0.3, 0.4) is 0 Å². The average molecular weight is 276 g/mol. The molecule has 0 radical (unpaired) electrons. The lowest BCUT2D eigenvalue weighted by Gasteiger charge is -2.28. The molecule has 0 bridgehead atoms. The SMILES string of the molecule is CC(C)(C)C(CO)COc1cccc(C(F)(F)F)c1. The van der Waals surface area contributed by atoms with Gasteiger partial charge in [-0.05, 0) is 23.6 Å². The van der Waals surface area contributed by atoms with Crippen molar-refractivity contribution >= 4 is 0 Å². The zero-order valence-electron chi connectivity index (χ0n) is 11.3. The fourth-order valence-electron chi connectivity index (χ4n) is 1.54. The van der Waals surface area contributed by atoms with Crippen LogP contribution in [0, 0.1) is 11.3 Å². The van der Waals surface area contributed by atoms with Gasteiger partial charge >= 0.3 is 6.18 Å². The van der Waals surface area contributed by atoms with E-state index in [1.54, 1.807) is 0 Å². The number of alkyl halides is 3. The summed E-state index contributed by atoms with van der Waals surface area (Å²) in [5.74, 6) is 0.0274. The van der Waals surface area contributed by atoms with Gasteiger partial charge in [-0.15, -0.1) is 0 Å². The number of aliphatic hydroxyl groups is 1. The van der Waals surface area contributed by atoms with E-state index in [0.29, 0.717) is 0 Å². The van der Waals surface area contributed by atoms with E-state index in [0.717, 1.165) is 12.1 Å². The molecule has 0 fully saturated rings. The molecular formula is C14H19F3O2. The largest absolute Gasteiger partial charge is 0.493 e. The summed E-state index contributed by atoms with van der Waals surface area (Å²) >= 11 is 0. The number of hydrogen-bond donors (Lipinski definition) is 1. The fraction of sp³-hybridized carbons (Fsp3) is 0.571. The summed E-state index contributed by atoms with van der Waals surface area (Å²) in [5.41, 5.74) is -0.905. The van der Waals surface area contributed by atoms with Gasteiger partial charge < -0.3 is 9.84 Å². The Kier molecular flexibility index (Phi) is 4.85. The first-order chi connectivity index (χ1) is 8.64. The average Bonchev–Trinajstić information content (AvgIpc) is 2.27. The van der Waals surface area contributed by atoms with Gasteiger partial charge in [-0.3, -0.25) is 0 Å². The second-order valence-corrected chi connectivity index (χ2v) is 5.58. The van der Waals surface area contributed by atoms with Crippen molar-refractivity contribution in [1.29, 1.82) is 0 Å². The highest BCUT2D eigenvalue weighted by Crippen LogP contribution is 2.32. The quantitative estimate of drug-likeness (QED) is 0.907. The van der Waals surface area contributed by atoms with Crippen LogP contribution in [-0.2, 0) is 6.18 Å². The van der Waals surface area contributed by atoms with Crippen molar-refractivity contribution in [2.24, 2.45) is 11.3 Å². The predicted molar refractivity (Wildman–Crippen MR) is 67.0 cm³/mol. The van der Waals surface area contributed by atoms with Crippen molar-refractivity contribution in [1.82, 2.24) is 0 Å². The van der Waals surface area contributed by atoms with Gasteiger partial charge in [-0.2, -0.15) is 13.2 Å². The van der Waals surface area contributed by atoms with Crippen molar-refractivity contribution < 1.29 is 23.0 Å². The van der Waals surface area contributed by atoms with Crippen molar-refractivity contribution in [2.75, 3.05) is 13.2 Å². The maximum atomic E-state index is 12.5. The van der Waals surface area contributed by atoms with E-state index in [1.807, 2.05) is 20.8 Å². The third kappa shape index (κ3) is 4.74. The molecule has 0 saturated carbocycles. The molecule has 0 aliphatic heterocycles. The number of aliphatic hydroxyl groups excluding tert-OH is 1. The molecule has 1 atom stereocenters. The molecule has 5 heteroatoms. The first kappa shape index (κ1) is 15.8. The molecule has 2 nitrogen and oxygen atoms in total. The highest BCUT2D eigenvalue weighted by molar-refractivity contribution is 5.30. The Hall–Kier alpha value is -1.23. The summed E-state index contributed by atoms with van der Waals surface area (Å²) in [6, 6.07) is 4.76. The summed E-state index contributed by atoms with van der Waals surface area (Å²) < 4.78 is 42.9. The van der Waals surface area contributed by atoms with Crippen LogP contribution in [-0.4, -0.2) is 18.3 Å². The van der Waals surface area contributed by atoms with Crippen LogP contribution in [0.15, 0.2) is 24.3 Å². The lowest BCUT2D eigenvalue weighted by atomic mass is 9.82. The Balaban J connectivity index is 2.73. The molecule has 0 amide bonds. The Labute approximate surface area is 111 Å². The maximum absolute atomic E-state index is 12.5. The molecular weight excluding hydrogens is 257 g/mol. The van der Waals surface area contributed by atoms with E-state index < -0.39 is 11.7 Å². The summed E-state index contributed by atoms with van der Waals surface area (Å²) in [5, 5.41) is 9.26. The zero-order valence-corrected chi connectivity index (χ0v) is 11.3. The smallest absolute Gasteiger partial charge is 0.416 e. The van der Waals surface area contributed by atoms with Gasteiger partial charge in [0.2, 0.25) is 0 Å². The molecule has 1 aromatic rings. The highest BCUT2D eigenvalue weighted by atomic mass is 19.4. The molecule has 1 N–H and O–H groups in total. The molecule has 0 saturated heterocycles. The van der Waals surface area contributed by atoms with Gasteiger partial charge in [0, 0.05) is 12.5 Å². The summed E-state index contributed by atoms with van der Waals surface area (Å²) in [6.07, 6.45) is -4.38. The topological polar surface area (TPSA) is 29.5 Å². The van der Waals surface area contributed by atoms with E-state index in [4.69, 9.17) is 4.74 Å². The van der Waals surface area contributed by atoms with Crippen molar-refractivity contribution in [3.8, 4) is 5.75 Å². The summed E-state index contributed by atoms with van der Waals surface area (Å²) in [7, 11) is 0. The van der Waals surface area contributed by atoms with Crippen molar-refractivity contribution in [3.05, 3.63) is 29.8 Å². The number of ether oxygens (including phenoxy) is 1. The Morgan fingerprint density at radius 2 is 1.84 bits per heavy atom. The number of halogens is 3. The van der Waals surface area contributed by atoms with E-state index in [-0.39, 0.29) is 30.3 Å². The predicted octanol–water partition coefficient (Wildman–Crippen LogP) is 3.74. The minimum Gasteiger partial charge on any atom is -0.493 e. The minimum atomic E-state index is -4.38. The van der Waals surface area contributed by atoms with E-state index in [1.165, 1.54) is 12.1 Å². The Bertz CT molecular complexity index is 408. The van der Waals surface area contributed by atoms with Gasteiger partial charge in [0.15, 0.2) is 0 Å². The Morgan fingerprint density at radius 1 is 1.21 bits per heavy atom. The number of rotatable bonds is 4. The van der Waals surface area contributed by atoms with E-state index >= 15 is 0 Å². The van der Waals surface area contributed by atoms with Gasteiger partial charge in [-0.25, -0.2) is 0 Å². The molecule has 0 aliphatic carbocycles. The molecule has 1 unspecified atom stereocenters. The third-order valence-corrected chi connectivity index (χ3v) is 3.06. The van der Waals surface area contributed by atoms with Crippen LogP contribution in [0.2, 0.25) is 0 Å². The second kappa shape index (κ2) is 5.82. The highest BCUT2D eigenvalue weighted by Gasteiger charge is 2.31. The van der Waals surface area contributed by atoms with E-state index in [9.17, 15) is 18.3 Å². The standard InChI is InChI=1S/C14H19F3O2/c1-13(2,3)11(8-18)9-19-12-6-4-5-10(7-12)14(15,16)17/h4-7,11,18H,8-9H2,1-3H3. The normalized spacial score (nSPS) is 14.3. The van der Waals surface area contributed by atoms with Crippen LogP contribution in [0.5, 0.6) is 5.75 Å². The monoisotopic (exact) mass is 276 g/mol. The van der Waals surface area contributed by atoms with Crippen LogP contribution >= 0.6 is 0 Å². The van der Waals surface area contributed by atoms with Crippen molar-refractivity contribution in [3.63, 3.8) is 0 Å². The molecule has 1 aromatic carbocycles. The first-order valence-electron chi connectivity index (χ1n) is 6.05. The maximum Gasteiger partial charge on any atom is 0.416 e. The van der Waals surface area contributed by atoms with E-state index in [2.05, 4.69) is 0 Å². The van der Waals surface area contributed by atoms with Gasteiger partial charge in [0.05, 0.1) is 12.2 Å². The molecule has 1 rings (SSSR count). The third-order valence-electron chi connectivity index (χ3n) is 3.06. The summed E-state index contributed by atoms with van der Waals surface area (Å²) in [4.78, 5) is 0. The number of hydrogen-bond acceptors (Lipinski definition) is 2. The number of benzene rings is 1. The lowest BCUT2D eigenvalue weighted by molar-refractivity contribution is -0.137. The molecule has 19 heavy (non-hydrogen) atoms. The van der Waals surface area contributed by atoms with Gasteiger partial charge in [0.1, 0.15) is 5.75 Å². The van der Waals surface area contributed by atoms with Crippen molar-refractivity contribution in [2.45, 2.75) is 26.9 Å². The molecule has 0 aliphatic rings. The van der Waals surface area contributed by atoms with Crippen LogP contribution in [0.4, 0.5) is 13.2 Å². The van der Waals surface area contributed by atoms with Crippen LogP contribution in [0.25, 0.3) is 0 Å². The fourth-order valence-corrected chi connectivity index (χ4v) is 1.54. The first-order valence-corrected chi connectivity index (χ1v) is 6.05.